The molecule has 1 rings (SSSR count). The summed E-state index contributed by atoms with van der Waals surface area (Å²) in [5.74, 6) is -0.316. The number of hydrogen-bond acceptors (Lipinski definition) is 7. The van der Waals surface area contributed by atoms with Crippen LogP contribution in [-0.4, -0.2) is 62.1 Å². The van der Waals surface area contributed by atoms with Gasteiger partial charge in [0.15, 0.2) is 6.29 Å². The minimum Gasteiger partial charge on any atom is -0.461 e. The van der Waals surface area contributed by atoms with E-state index < -0.39 is 12.4 Å². The first-order chi connectivity index (χ1) is 25.0. The van der Waals surface area contributed by atoms with Crippen molar-refractivity contribution in [3.63, 3.8) is 0 Å². The van der Waals surface area contributed by atoms with E-state index in [1.807, 2.05) is 30.3 Å². The first-order valence-electron chi connectivity index (χ1n) is 21.4. The highest BCUT2D eigenvalue weighted by atomic mass is 16.6. The summed E-state index contributed by atoms with van der Waals surface area (Å²) in [6, 6.07) is 9.98. The van der Waals surface area contributed by atoms with Crippen LogP contribution in [0.4, 0.5) is 0 Å². The van der Waals surface area contributed by atoms with Gasteiger partial charge in [0.25, 0.3) is 0 Å². The Morgan fingerprint density at radius 2 is 1.00 bits per heavy atom. The molecular formula is C44H80O7. The van der Waals surface area contributed by atoms with Crippen LogP contribution >= 0.6 is 0 Å². The molecule has 0 fully saturated rings. The summed E-state index contributed by atoms with van der Waals surface area (Å²) in [6.45, 7) is 9.69. The lowest BCUT2D eigenvalue weighted by molar-refractivity contribution is -0.178. The minimum atomic E-state index is -0.993. The number of carbonyl (C=O) groups is 1. The van der Waals surface area contributed by atoms with Gasteiger partial charge in [0.2, 0.25) is 0 Å². The molecule has 0 aromatic heterocycles. The molecule has 7 heteroatoms. The second-order valence-electron chi connectivity index (χ2n) is 14.6. The molecule has 0 aliphatic carbocycles. The average molecular weight is 721 g/mol. The van der Waals surface area contributed by atoms with Crippen LogP contribution in [0.5, 0.6) is 0 Å². The predicted molar refractivity (Wildman–Crippen MR) is 211 cm³/mol. The highest BCUT2D eigenvalue weighted by Crippen LogP contribution is 2.19. The first kappa shape index (κ1) is 47.5. The van der Waals surface area contributed by atoms with E-state index in [4.69, 9.17) is 23.7 Å². The number of aliphatic hydroxyl groups is 1. The summed E-state index contributed by atoms with van der Waals surface area (Å²) in [5.41, 5.74) is 1.05. The molecule has 1 aromatic rings. The van der Waals surface area contributed by atoms with Crippen molar-refractivity contribution < 1.29 is 33.6 Å². The standard InChI is InChI=1S/C44H80O7/c1-5-9-13-17-24-30-40(31-25-18-14-10-6-2)50-43(45)37-47-35-42(49-34-39-28-22-21-23-29-39)36-48-38-44(46)51-41(32-26-19-15-11-7-3)33-27-20-16-12-8-4/h21-23,28-29,40-43,45H,5-20,24-27,30-38H2,1-4H3. The largest absolute Gasteiger partial charge is 0.461 e. The van der Waals surface area contributed by atoms with Crippen molar-refractivity contribution in [3.05, 3.63) is 35.9 Å². The van der Waals surface area contributed by atoms with E-state index in [-0.39, 0.29) is 44.6 Å². The van der Waals surface area contributed by atoms with Crippen LogP contribution in [0.15, 0.2) is 30.3 Å². The monoisotopic (exact) mass is 721 g/mol. The fourth-order valence-corrected chi connectivity index (χ4v) is 6.43. The fraction of sp³-hybridized carbons (Fsp3) is 0.841. The molecule has 0 radical (unpaired) electrons. The molecule has 0 saturated heterocycles. The lowest BCUT2D eigenvalue weighted by Gasteiger charge is -2.23. The maximum absolute atomic E-state index is 12.9. The van der Waals surface area contributed by atoms with Gasteiger partial charge < -0.3 is 28.8 Å². The molecule has 298 valence electrons. The molecule has 0 bridgehead atoms. The van der Waals surface area contributed by atoms with Gasteiger partial charge in [-0.1, -0.05) is 174 Å². The summed E-state index contributed by atoms with van der Waals surface area (Å²) < 4.78 is 30.0. The Morgan fingerprint density at radius 3 is 1.49 bits per heavy atom. The van der Waals surface area contributed by atoms with E-state index in [9.17, 15) is 9.90 Å². The molecule has 0 saturated carbocycles. The summed E-state index contributed by atoms with van der Waals surface area (Å²) in [7, 11) is 0. The van der Waals surface area contributed by atoms with Crippen LogP contribution in [0.2, 0.25) is 0 Å². The molecular weight excluding hydrogens is 640 g/mol. The average Bonchev–Trinajstić information content (AvgIpc) is 3.13. The molecule has 2 unspecified atom stereocenters. The molecule has 0 spiro atoms. The Hall–Kier alpha value is -1.51. The van der Waals surface area contributed by atoms with Gasteiger partial charge in [0, 0.05) is 0 Å². The zero-order valence-electron chi connectivity index (χ0n) is 33.6. The van der Waals surface area contributed by atoms with Crippen LogP contribution in [0, 0.1) is 0 Å². The fourth-order valence-electron chi connectivity index (χ4n) is 6.43. The van der Waals surface area contributed by atoms with Crippen LogP contribution < -0.4 is 0 Å². The topological polar surface area (TPSA) is 83.5 Å². The summed E-state index contributed by atoms with van der Waals surface area (Å²) >= 11 is 0. The Morgan fingerprint density at radius 1 is 0.549 bits per heavy atom. The van der Waals surface area contributed by atoms with Gasteiger partial charge in [-0.25, -0.2) is 4.79 Å². The van der Waals surface area contributed by atoms with Gasteiger partial charge in [0.05, 0.1) is 32.5 Å². The molecule has 0 aliphatic rings. The van der Waals surface area contributed by atoms with Crippen LogP contribution in [0.25, 0.3) is 0 Å². The molecule has 0 amide bonds. The van der Waals surface area contributed by atoms with Crippen molar-refractivity contribution in [1.29, 1.82) is 0 Å². The Bertz CT molecular complexity index is 838. The van der Waals surface area contributed by atoms with E-state index in [0.29, 0.717) is 6.61 Å². The third-order valence-corrected chi connectivity index (χ3v) is 9.58. The minimum absolute atomic E-state index is 0.0443. The van der Waals surface area contributed by atoms with Crippen LogP contribution in [0.1, 0.15) is 187 Å². The van der Waals surface area contributed by atoms with E-state index in [1.54, 1.807) is 0 Å². The van der Waals surface area contributed by atoms with E-state index in [0.717, 1.165) is 56.9 Å². The van der Waals surface area contributed by atoms with Gasteiger partial charge in [-0.05, 0) is 44.1 Å². The van der Waals surface area contributed by atoms with Crippen molar-refractivity contribution in [2.45, 2.75) is 213 Å². The summed E-state index contributed by atoms with van der Waals surface area (Å²) in [6.07, 6.45) is 26.6. The Labute approximate surface area is 314 Å². The van der Waals surface area contributed by atoms with Gasteiger partial charge in [0.1, 0.15) is 18.8 Å². The molecule has 0 aliphatic heterocycles. The van der Waals surface area contributed by atoms with Crippen molar-refractivity contribution in [2.75, 3.05) is 26.4 Å². The molecule has 2 atom stereocenters. The summed E-state index contributed by atoms with van der Waals surface area (Å²) in [5, 5.41) is 10.8. The van der Waals surface area contributed by atoms with Crippen molar-refractivity contribution in [3.8, 4) is 0 Å². The third-order valence-electron chi connectivity index (χ3n) is 9.58. The molecule has 51 heavy (non-hydrogen) atoms. The number of esters is 1. The second-order valence-corrected chi connectivity index (χ2v) is 14.6. The number of unbranched alkanes of at least 4 members (excludes halogenated alkanes) is 16. The predicted octanol–water partition coefficient (Wildman–Crippen LogP) is 11.7. The Kier molecular flexibility index (Phi) is 33.1. The first-order valence-corrected chi connectivity index (χ1v) is 21.4. The number of aliphatic hydroxyl groups excluding tert-OH is 1. The summed E-state index contributed by atoms with van der Waals surface area (Å²) in [4.78, 5) is 12.9. The van der Waals surface area contributed by atoms with Gasteiger partial charge in [-0.2, -0.15) is 0 Å². The van der Waals surface area contributed by atoms with Gasteiger partial charge in [-0.15, -0.1) is 0 Å². The molecule has 1 N–H and O–H groups in total. The number of ether oxygens (including phenoxy) is 5. The van der Waals surface area contributed by atoms with Crippen LogP contribution in [-0.2, 0) is 35.1 Å². The number of carbonyl (C=O) groups excluding carboxylic acids is 1. The lowest BCUT2D eigenvalue weighted by atomic mass is 10.0. The molecule has 7 nitrogen and oxygen atoms in total. The maximum atomic E-state index is 12.9. The second kappa shape index (κ2) is 35.5. The van der Waals surface area contributed by atoms with E-state index in [2.05, 4.69) is 27.7 Å². The number of rotatable bonds is 38. The highest BCUT2D eigenvalue weighted by Gasteiger charge is 2.19. The molecule has 0 heterocycles. The zero-order valence-corrected chi connectivity index (χ0v) is 33.6. The highest BCUT2D eigenvalue weighted by molar-refractivity contribution is 5.70. The quantitative estimate of drug-likeness (QED) is 0.0413. The van der Waals surface area contributed by atoms with E-state index in [1.165, 1.54) is 103 Å². The van der Waals surface area contributed by atoms with Crippen molar-refractivity contribution >= 4 is 5.97 Å². The number of benzene rings is 1. The van der Waals surface area contributed by atoms with Crippen molar-refractivity contribution in [2.24, 2.45) is 0 Å². The van der Waals surface area contributed by atoms with Gasteiger partial charge in [-0.3, -0.25) is 0 Å². The van der Waals surface area contributed by atoms with E-state index >= 15 is 0 Å². The Balaban J connectivity index is 2.62. The third kappa shape index (κ3) is 29.6. The zero-order chi connectivity index (χ0) is 37.0. The molecule has 1 aromatic carbocycles. The maximum Gasteiger partial charge on any atom is 0.332 e. The van der Waals surface area contributed by atoms with Crippen LogP contribution in [0.3, 0.4) is 0 Å². The van der Waals surface area contributed by atoms with Crippen molar-refractivity contribution in [1.82, 2.24) is 0 Å². The SMILES string of the molecule is CCCCCCCC(CCCCCCC)OC(=O)COCC(COCC(O)OC(CCCCCCC)CCCCCCC)OCc1ccccc1. The van der Waals surface area contributed by atoms with Gasteiger partial charge >= 0.3 is 5.97 Å². The lowest BCUT2D eigenvalue weighted by Crippen LogP contribution is -2.31. The normalized spacial score (nSPS) is 12.9. The number of hydrogen-bond donors (Lipinski definition) is 1. The smallest absolute Gasteiger partial charge is 0.332 e.